The summed E-state index contributed by atoms with van der Waals surface area (Å²) >= 11 is 6.14. The molecule has 0 atom stereocenters. The van der Waals surface area contributed by atoms with E-state index in [-0.39, 0.29) is 16.9 Å². The molecule has 1 aliphatic heterocycles. The molecule has 2 aromatic rings. The number of rotatable bonds is 5. The van der Waals surface area contributed by atoms with Crippen LogP contribution in [0.2, 0.25) is 5.02 Å². The Balaban J connectivity index is 1.39. The van der Waals surface area contributed by atoms with Crippen molar-refractivity contribution in [3.63, 3.8) is 0 Å². The van der Waals surface area contributed by atoms with Gasteiger partial charge in [0.15, 0.2) is 0 Å². The molecule has 0 radical (unpaired) electrons. The van der Waals surface area contributed by atoms with Gasteiger partial charge in [0.1, 0.15) is 5.69 Å². The third kappa shape index (κ3) is 3.44. The minimum absolute atomic E-state index is 0.0220. The van der Waals surface area contributed by atoms with Crippen molar-refractivity contribution in [2.24, 2.45) is 11.1 Å². The summed E-state index contributed by atoms with van der Waals surface area (Å²) in [6.07, 6.45) is 5.68. The van der Waals surface area contributed by atoms with Crippen LogP contribution in [0.15, 0.2) is 24.3 Å². The second-order valence-electron chi connectivity index (χ2n) is 9.32. The SMILES string of the molecule is COC12CCC(CC(=O)N3CCn4nc(-c5cccc(Cl)c5)c(C(N)=O)c4C3)(CC1)C2. The average Bonchev–Trinajstić information content (AvgIpc) is 3.42. The maximum Gasteiger partial charge on any atom is 0.252 e. The molecular weight excluding hydrogens is 416 g/mol. The monoisotopic (exact) mass is 442 g/mol. The fraction of sp³-hybridized carbons (Fsp3) is 0.522. The van der Waals surface area contributed by atoms with Gasteiger partial charge in [0.25, 0.3) is 5.91 Å². The van der Waals surface area contributed by atoms with E-state index < -0.39 is 5.91 Å². The number of hydrogen-bond donors (Lipinski definition) is 1. The summed E-state index contributed by atoms with van der Waals surface area (Å²) in [6, 6.07) is 7.22. The standard InChI is InChI=1S/C23H27ClN4O3/c1-31-23-7-5-22(14-23,6-8-23)12-18(29)27-9-10-28-17(13-27)19(21(25)30)20(26-28)15-3-2-4-16(24)11-15/h2-4,11H,5-10,12-14H2,1H3,(H2,25,30). The van der Waals surface area contributed by atoms with Crippen molar-refractivity contribution in [1.82, 2.24) is 14.7 Å². The Morgan fingerprint density at radius 2 is 2.00 bits per heavy atom. The second kappa shape index (κ2) is 7.35. The van der Waals surface area contributed by atoms with Crippen LogP contribution in [0.3, 0.4) is 0 Å². The summed E-state index contributed by atoms with van der Waals surface area (Å²) in [7, 11) is 1.79. The molecule has 5 rings (SSSR count). The zero-order valence-corrected chi connectivity index (χ0v) is 18.5. The molecule has 1 aromatic heterocycles. The van der Waals surface area contributed by atoms with E-state index in [0.717, 1.165) is 37.7 Å². The first-order valence-electron chi connectivity index (χ1n) is 10.8. The van der Waals surface area contributed by atoms with Crippen LogP contribution in [0, 0.1) is 5.41 Å². The minimum atomic E-state index is -0.541. The Labute approximate surface area is 186 Å². The first kappa shape index (κ1) is 20.5. The van der Waals surface area contributed by atoms with Crippen LogP contribution in [0.25, 0.3) is 11.3 Å². The number of nitrogens with zero attached hydrogens (tertiary/aromatic N) is 3. The van der Waals surface area contributed by atoms with Gasteiger partial charge in [-0.05, 0) is 49.7 Å². The van der Waals surface area contributed by atoms with Gasteiger partial charge in [-0.25, -0.2) is 0 Å². The van der Waals surface area contributed by atoms with Gasteiger partial charge in [-0.1, -0.05) is 23.7 Å². The molecule has 0 saturated heterocycles. The Morgan fingerprint density at radius 1 is 1.23 bits per heavy atom. The van der Waals surface area contributed by atoms with Gasteiger partial charge in [0, 0.05) is 30.7 Å². The highest BCUT2D eigenvalue weighted by Crippen LogP contribution is 2.59. The lowest BCUT2D eigenvalue weighted by Crippen LogP contribution is -2.41. The van der Waals surface area contributed by atoms with Gasteiger partial charge in [0.2, 0.25) is 5.91 Å². The number of methoxy groups -OCH3 is 1. The summed E-state index contributed by atoms with van der Waals surface area (Å²) in [5.41, 5.74) is 8.12. The highest BCUT2D eigenvalue weighted by atomic mass is 35.5. The minimum Gasteiger partial charge on any atom is -0.378 e. The van der Waals surface area contributed by atoms with Crippen LogP contribution in [0.4, 0.5) is 0 Å². The number of aromatic nitrogens is 2. The highest BCUT2D eigenvalue weighted by molar-refractivity contribution is 6.30. The van der Waals surface area contributed by atoms with E-state index in [1.165, 1.54) is 0 Å². The topological polar surface area (TPSA) is 90.4 Å². The Bertz CT molecular complexity index is 1060. The first-order chi connectivity index (χ1) is 14.8. The van der Waals surface area contributed by atoms with Crippen molar-refractivity contribution in [2.75, 3.05) is 13.7 Å². The summed E-state index contributed by atoms with van der Waals surface area (Å²) in [5, 5.41) is 5.20. The Morgan fingerprint density at radius 3 is 2.65 bits per heavy atom. The molecule has 2 N–H and O–H groups in total. The van der Waals surface area contributed by atoms with Gasteiger partial charge in [0.05, 0.1) is 29.9 Å². The van der Waals surface area contributed by atoms with Gasteiger partial charge < -0.3 is 15.4 Å². The van der Waals surface area contributed by atoms with Crippen molar-refractivity contribution in [3.05, 3.63) is 40.5 Å². The molecule has 2 amide bonds. The van der Waals surface area contributed by atoms with E-state index in [9.17, 15) is 9.59 Å². The zero-order chi connectivity index (χ0) is 21.8. The lowest BCUT2D eigenvalue weighted by atomic mass is 9.80. The highest BCUT2D eigenvalue weighted by Gasteiger charge is 2.55. The maximum absolute atomic E-state index is 13.3. The summed E-state index contributed by atoms with van der Waals surface area (Å²) in [5.74, 6) is -0.401. The van der Waals surface area contributed by atoms with Crippen molar-refractivity contribution in [1.29, 1.82) is 0 Å². The predicted octanol–water partition coefficient (Wildman–Crippen LogP) is 3.38. The number of primary amides is 1. The molecule has 0 unspecified atom stereocenters. The lowest BCUT2D eigenvalue weighted by Gasteiger charge is -2.32. The first-order valence-corrected chi connectivity index (χ1v) is 11.2. The summed E-state index contributed by atoms with van der Waals surface area (Å²) < 4.78 is 7.59. The number of amides is 2. The summed E-state index contributed by atoms with van der Waals surface area (Å²) in [4.78, 5) is 27.5. The van der Waals surface area contributed by atoms with Crippen molar-refractivity contribution in [2.45, 2.75) is 57.2 Å². The van der Waals surface area contributed by atoms with Gasteiger partial charge in [-0.3, -0.25) is 14.3 Å². The molecule has 2 fully saturated rings. The smallest absolute Gasteiger partial charge is 0.252 e. The zero-order valence-electron chi connectivity index (χ0n) is 17.7. The fourth-order valence-corrected chi connectivity index (χ4v) is 6.04. The third-order valence-electron chi connectivity index (χ3n) is 7.56. The number of ether oxygens (including phenoxy) is 1. The van der Waals surface area contributed by atoms with E-state index in [1.807, 2.05) is 17.0 Å². The number of fused-ring (bicyclic) bond motifs is 3. The Hall–Kier alpha value is -2.38. The molecule has 3 aliphatic rings. The van der Waals surface area contributed by atoms with E-state index in [4.69, 9.17) is 22.1 Å². The van der Waals surface area contributed by atoms with Gasteiger partial charge >= 0.3 is 0 Å². The van der Waals surface area contributed by atoms with E-state index in [2.05, 4.69) is 5.10 Å². The molecule has 0 spiro atoms. The number of carbonyl (C=O) groups is 2. The van der Waals surface area contributed by atoms with Crippen molar-refractivity contribution >= 4 is 23.4 Å². The van der Waals surface area contributed by atoms with Crippen LogP contribution in [-0.4, -0.2) is 45.8 Å². The van der Waals surface area contributed by atoms with Crippen LogP contribution < -0.4 is 5.73 Å². The third-order valence-corrected chi connectivity index (χ3v) is 7.79. The normalized spacial score (nSPS) is 26.8. The number of carbonyl (C=O) groups excluding carboxylic acids is 2. The van der Waals surface area contributed by atoms with E-state index >= 15 is 0 Å². The van der Waals surface area contributed by atoms with Crippen molar-refractivity contribution < 1.29 is 14.3 Å². The number of nitrogens with two attached hydrogens (primary N) is 1. The number of halogens is 1. The van der Waals surface area contributed by atoms with Crippen LogP contribution in [0.1, 0.15) is 54.6 Å². The van der Waals surface area contributed by atoms with Crippen LogP contribution in [-0.2, 0) is 22.6 Å². The van der Waals surface area contributed by atoms with Gasteiger partial charge in [-0.15, -0.1) is 0 Å². The second-order valence-corrected chi connectivity index (χ2v) is 9.76. The molecule has 2 heterocycles. The molecule has 2 saturated carbocycles. The molecule has 31 heavy (non-hydrogen) atoms. The molecule has 1 aromatic carbocycles. The van der Waals surface area contributed by atoms with Crippen LogP contribution in [0.5, 0.6) is 0 Å². The fourth-order valence-electron chi connectivity index (χ4n) is 5.85. The Kier molecular flexibility index (Phi) is 4.86. The molecule has 2 bridgehead atoms. The van der Waals surface area contributed by atoms with Gasteiger partial charge in [-0.2, -0.15) is 5.10 Å². The maximum atomic E-state index is 13.3. The average molecular weight is 443 g/mol. The molecular formula is C23H27ClN4O3. The molecule has 8 heteroatoms. The largest absolute Gasteiger partial charge is 0.378 e. The number of benzene rings is 1. The molecule has 2 aliphatic carbocycles. The number of hydrogen-bond acceptors (Lipinski definition) is 4. The molecule has 164 valence electrons. The quantitative estimate of drug-likeness (QED) is 0.768. The predicted molar refractivity (Wildman–Crippen MR) is 116 cm³/mol. The molecule has 7 nitrogen and oxygen atoms in total. The lowest BCUT2D eigenvalue weighted by molar-refractivity contribution is -0.135. The summed E-state index contributed by atoms with van der Waals surface area (Å²) in [6.45, 7) is 1.46. The van der Waals surface area contributed by atoms with Crippen molar-refractivity contribution in [3.8, 4) is 11.3 Å². The van der Waals surface area contributed by atoms with E-state index in [0.29, 0.717) is 48.0 Å². The van der Waals surface area contributed by atoms with Crippen LogP contribution >= 0.6 is 11.6 Å². The van der Waals surface area contributed by atoms with E-state index in [1.54, 1.807) is 23.9 Å².